The molecule has 2 N–H and O–H groups in total. The minimum atomic E-state index is -0.411. The van der Waals surface area contributed by atoms with Crippen LogP contribution in [0.25, 0.3) is 0 Å². The SMILES string of the molecule is CC(=O)Nc1ccc(N(S)C(=O)Nc2cc(Cl)ccc2C)cc1. The zero-order valence-electron chi connectivity index (χ0n) is 12.6. The van der Waals surface area contributed by atoms with Crippen molar-refractivity contribution in [2.45, 2.75) is 13.8 Å². The van der Waals surface area contributed by atoms with Crippen LogP contribution in [-0.2, 0) is 4.79 Å². The van der Waals surface area contributed by atoms with E-state index >= 15 is 0 Å². The lowest BCUT2D eigenvalue weighted by molar-refractivity contribution is -0.114. The molecule has 0 aliphatic carbocycles. The molecule has 0 aliphatic heterocycles. The number of amides is 3. The molecule has 3 amide bonds. The predicted molar refractivity (Wildman–Crippen MR) is 97.4 cm³/mol. The molecular formula is C16H16ClN3O2S. The van der Waals surface area contributed by atoms with Crippen LogP contribution in [0.2, 0.25) is 5.02 Å². The molecule has 0 unspecified atom stereocenters. The maximum absolute atomic E-state index is 12.3. The monoisotopic (exact) mass is 349 g/mol. The number of halogens is 1. The molecule has 2 rings (SSSR count). The Morgan fingerprint density at radius 1 is 1.09 bits per heavy atom. The van der Waals surface area contributed by atoms with Crippen molar-refractivity contribution in [1.82, 2.24) is 0 Å². The number of aryl methyl sites for hydroxylation is 1. The highest BCUT2D eigenvalue weighted by atomic mass is 35.5. The Kier molecular flexibility index (Phi) is 5.52. The molecular weight excluding hydrogens is 334 g/mol. The van der Waals surface area contributed by atoms with E-state index in [9.17, 15) is 9.59 Å². The van der Waals surface area contributed by atoms with E-state index < -0.39 is 6.03 Å². The Morgan fingerprint density at radius 3 is 2.35 bits per heavy atom. The summed E-state index contributed by atoms with van der Waals surface area (Å²) in [6.07, 6.45) is 0. The van der Waals surface area contributed by atoms with Crippen LogP contribution < -0.4 is 14.9 Å². The Labute approximate surface area is 145 Å². The van der Waals surface area contributed by atoms with E-state index in [2.05, 4.69) is 23.4 Å². The first kappa shape index (κ1) is 17.2. The van der Waals surface area contributed by atoms with Gasteiger partial charge in [0, 0.05) is 23.3 Å². The van der Waals surface area contributed by atoms with Crippen molar-refractivity contribution >= 4 is 53.4 Å². The zero-order chi connectivity index (χ0) is 17.0. The fourth-order valence-corrected chi connectivity index (χ4v) is 2.26. The molecule has 7 heteroatoms. The normalized spacial score (nSPS) is 10.1. The second kappa shape index (κ2) is 7.39. The van der Waals surface area contributed by atoms with Crippen molar-refractivity contribution < 1.29 is 9.59 Å². The van der Waals surface area contributed by atoms with Gasteiger partial charge in [0.25, 0.3) is 0 Å². The van der Waals surface area contributed by atoms with E-state index in [1.54, 1.807) is 36.4 Å². The average Bonchev–Trinajstić information content (AvgIpc) is 2.50. The van der Waals surface area contributed by atoms with Crippen molar-refractivity contribution in [1.29, 1.82) is 0 Å². The molecule has 0 aromatic heterocycles. The molecule has 23 heavy (non-hydrogen) atoms. The van der Waals surface area contributed by atoms with E-state index in [-0.39, 0.29) is 5.91 Å². The molecule has 5 nitrogen and oxygen atoms in total. The van der Waals surface area contributed by atoms with Crippen LogP contribution in [0.15, 0.2) is 42.5 Å². The third kappa shape index (κ3) is 4.64. The Bertz CT molecular complexity index is 735. The quantitative estimate of drug-likeness (QED) is 0.715. The number of carbonyl (C=O) groups excluding carboxylic acids is 2. The van der Waals surface area contributed by atoms with Gasteiger partial charge in [-0.25, -0.2) is 9.10 Å². The molecule has 2 aromatic rings. The van der Waals surface area contributed by atoms with Gasteiger partial charge < -0.3 is 10.6 Å². The summed E-state index contributed by atoms with van der Waals surface area (Å²) in [4.78, 5) is 23.3. The summed E-state index contributed by atoms with van der Waals surface area (Å²) in [6, 6.07) is 11.6. The van der Waals surface area contributed by atoms with Gasteiger partial charge in [-0.2, -0.15) is 0 Å². The summed E-state index contributed by atoms with van der Waals surface area (Å²) in [5, 5.41) is 5.95. The molecule has 0 aliphatic rings. The van der Waals surface area contributed by atoms with Crippen LogP contribution in [0.1, 0.15) is 12.5 Å². The highest BCUT2D eigenvalue weighted by Crippen LogP contribution is 2.23. The first-order valence-corrected chi connectivity index (χ1v) is 7.58. The number of rotatable bonds is 3. The smallest absolute Gasteiger partial charge is 0.326 e. The summed E-state index contributed by atoms with van der Waals surface area (Å²) in [5.41, 5.74) is 2.73. The largest absolute Gasteiger partial charge is 0.336 e. The molecule has 0 atom stereocenters. The molecule has 0 saturated heterocycles. The Balaban J connectivity index is 2.10. The first-order valence-electron chi connectivity index (χ1n) is 6.80. The van der Waals surface area contributed by atoms with E-state index in [1.807, 2.05) is 13.0 Å². The molecule has 0 radical (unpaired) electrons. The molecule has 120 valence electrons. The molecule has 0 spiro atoms. The number of benzene rings is 2. The van der Waals surface area contributed by atoms with Gasteiger partial charge in [0.05, 0.1) is 5.69 Å². The lowest BCUT2D eigenvalue weighted by atomic mass is 10.2. The van der Waals surface area contributed by atoms with Crippen LogP contribution in [0, 0.1) is 6.92 Å². The van der Waals surface area contributed by atoms with Crippen LogP contribution in [0.3, 0.4) is 0 Å². The van der Waals surface area contributed by atoms with Gasteiger partial charge in [0.2, 0.25) is 5.91 Å². The van der Waals surface area contributed by atoms with Crippen LogP contribution >= 0.6 is 24.4 Å². The number of nitrogens with one attached hydrogen (secondary N) is 2. The highest BCUT2D eigenvalue weighted by Gasteiger charge is 2.13. The topological polar surface area (TPSA) is 61.4 Å². The minimum absolute atomic E-state index is 0.158. The molecule has 0 bridgehead atoms. The Hall–Kier alpha value is -2.18. The number of thiol groups is 1. The third-order valence-corrected chi connectivity index (χ3v) is 3.71. The van der Waals surface area contributed by atoms with E-state index in [0.717, 1.165) is 5.56 Å². The third-order valence-electron chi connectivity index (χ3n) is 3.07. The van der Waals surface area contributed by atoms with Crippen molar-refractivity contribution in [3.8, 4) is 0 Å². The van der Waals surface area contributed by atoms with Gasteiger partial charge in [0.1, 0.15) is 0 Å². The maximum Gasteiger partial charge on any atom is 0.336 e. The van der Waals surface area contributed by atoms with Crippen LogP contribution in [0.4, 0.5) is 21.9 Å². The number of anilines is 3. The van der Waals surface area contributed by atoms with Crippen molar-refractivity contribution in [3.63, 3.8) is 0 Å². The standard InChI is InChI=1S/C16H16ClN3O2S/c1-10-3-4-12(17)9-15(10)19-16(22)20(23)14-7-5-13(6-8-14)18-11(2)21/h3-9,23H,1-2H3,(H,18,21)(H,19,22). The lowest BCUT2D eigenvalue weighted by Crippen LogP contribution is -2.27. The van der Waals surface area contributed by atoms with Gasteiger partial charge >= 0.3 is 6.03 Å². The lowest BCUT2D eigenvalue weighted by Gasteiger charge is -2.18. The van der Waals surface area contributed by atoms with E-state index in [0.29, 0.717) is 22.1 Å². The maximum atomic E-state index is 12.3. The predicted octanol–water partition coefficient (Wildman–Crippen LogP) is 4.49. The fourth-order valence-electron chi connectivity index (χ4n) is 1.90. The van der Waals surface area contributed by atoms with Gasteiger partial charge in [-0.3, -0.25) is 4.79 Å². The number of hydrogen-bond acceptors (Lipinski definition) is 3. The van der Waals surface area contributed by atoms with Gasteiger partial charge in [0.15, 0.2) is 0 Å². The van der Waals surface area contributed by atoms with Crippen LogP contribution in [-0.4, -0.2) is 11.9 Å². The molecule has 2 aromatic carbocycles. The fraction of sp³-hybridized carbons (Fsp3) is 0.125. The van der Waals surface area contributed by atoms with Gasteiger partial charge in [-0.15, -0.1) is 0 Å². The zero-order valence-corrected chi connectivity index (χ0v) is 14.3. The summed E-state index contributed by atoms with van der Waals surface area (Å²) in [6.45, 7) is 3.30. The van der Waals surface area contributed by atoms with Crippen molar-refractivity contribution in [3.05, 3.63) is 53.1 Å². The average molecular weight is 350 g/mol. The molecule has 0 saturated carbocycles. The molecule has 0 heterocycles. The van der Waals surface area contributed by atoms with Crippen molar-refractivity contribution in [2.75, 3.05) is 14.9 Å². The second-order valence-electron chi connectivity index (χ2n) is 4.93. The second-order valence-corrected chi connectivity index (χ2v) is 5.77. The first-order chi connectivity index (χ1) is 10.9. The number of carbonyl (C=O) groups is 2. The van der Waals surface area contributed by atoms with E-state index in [4.69, 9.17) is 11.6 Å². The van der Waals surface area contributed by atoms with Gasteiger partial charge in [-0.05, 0) is 48.9 Å². The minimum Gasteiger partial charge on any atom is -0.326 e. The Morgan fingerprint density at radius 2 is 1.74 bits per heavy atom. The number of nitrogens with zero attached hydrogens (tertiary/aromatic N) is 1. The summed E-state index contributed by atoms with van der Waals surface area (Å²) in [5.74, 6) is -0.158. The van der Waals surface area contributed by atoms with E-state index in [1.165, 1.54) is 11.2 Å². The molecule has 0 fully saturated rings. The van der Waals surface area contributed by atoms with Crippen LogP contribution in [0.5, 0.6) is 0 Å². The van der Waals surface area contributed by atoms with Crippen molar-refractivity contribution in [2.24, 2.45) is 0 Å². The number of hydrogen-bond donors (Lipinski definition) is 3. The summed E-state index contributed by atoms with van der Waals surface area (Å²) in [7, 11) is 0. The number of urea groups is 1. The van der Waals surface area contributed by atoms with Gasteiger partial charge in [-0.1, -0.05) is 30.5 Å². The highest BCUT2D eigenvalue weighted by molar-refractivity contribution is 7.82. The summed E-state index contributed by atoms with van der Waals surface area (Å²) < 4.78 is 1.18. The summed E-state index contributed by atoms with van der Waals surface area (Å²) >= 11 is 10.1.